The van der Waals surface area contributed by atoms with Crippen molar-refractivity contribution in [1.29, 1.82) is 0 Å². The van der Waals surface area contributed by atoms with E-state index in [9.17, 15) is 4.79 Å². The van der Waals surface area contributed by atoms with Gasteiger partial charge in [0, 0.05) is 13.6 Å². The first kappa shape index (κ1) is 8.83. The first-order valence-electron chi connectivity index (χ1n) is 3.86. The van der Waals surface area contributed by atoms with Crippen LogP contribution in [0.4, 0.5) is 5.95 Å². The van der Waals surface area contributed by atoms with Gasteiger partial charge in [-0.05, 0) is 11.1 Å². The van der Waals surface area contributed by atoms with Crippen LogP contribution >= 0.6 is 0 Å². The SMILES string of the molecule is CC(C)CN(C)c1noc(=O)[nH]1. The number of nitrogens with one attached hydrogen (secondary N) is 1. The van der Waals surface area contributed by atoms with E-state index in [1.807, 2.05) is 11.9 Å². The lowest BCUT2D eigenvalue weighted by Crippen LogP contribution is -2.23. The van der Waals surface area contributed by atoms with Gasteiger partial charge in [0.2, 0.25) is 5.95 Å². The number of aromatic amines is 1. The van der Waals surface area contributed by atoms with Gasteiger partial charge in [-0.15, -0.1) is 0 Å². The predicted octanol–water partition coefficient (Wildman–Crippen LogP) is 0.455. The Morgan fingerprint density at radius 3 is 2.75 bits per heavy atom. The van der Waals surface area contributed by atoms with E-state index in [0.29, 0.717) is 11.9 Å². The number of nitrogens with zero attached hydrogens (tertiary/aromatic N) is 2. The third-order valence-electron chi connectivity index (χ3n) is 1.43. The molecule has 5 nitrogen and oxygen atoms in total. The molecule has 0 saturated heterocycles. The van der Waals surface area contributed by atoms with Gasteiger partial charge in [-0.2, -0.15) is 0 Å². The molecule has 0 fully saturated rings. The van der Waals surface area contributed by atoms with Crippen molar-refractivity contribution in [2.75, 3.05) is 18.5 Å². The Hall–Kier alpha value is -1.26. The molecule has 0 aliphatic carbocycles. The van der Waals surface area contributed by atoms with Gasteiger partial charge in [0.05, 0.1) is 0 Å². The van der Waals surface area contributed by atoms with Crippen LogP contribution in [0.3, 0.4) is 0 Å². The molecule has 0 spiro atoms. The van der Waals surface area contributed by atoms with Crippen molar-refractivity contribution < 1.29 is 4.52 Å². The Labute approximate surface area is 70.4 Å². The van der Waals surface area contributed by atoms with Crippen molar-refractivity contribution in [2.24, 2.45) is 5.92 Å². The van der Waals surface area contributed by atoms with Crippen LogP contribution in [-0.2, 0) is 0 Å². The number of aromatic nitrogens is 2. The lowest BCUT2D eigenvalue weighted by Gasteiger charge is -2.16. The number of hydrogen-bond acceptors (Lipinski definition) is 4. The summed E-state index contributed by atoms with van der Waals surface area (Å²) in [6.07, 6.45) is 0. The Morgan fingerprint density at radius 2 is 2.33 bits per heavy atom. The Balaban J connectivity index is 2.65. The summed E-state index contributed by atoms with van der Waals surface area (Å²) in [4.78, 5) is 14.9. The molecule has 0 radical (unpaired) electrons. The maximum Gasteiger partial charge on any atom is 0.440 e. The summed E-state index contributed by atoms with van der Waals surface area (Å²) >= 11 is 0. The summed E-state index contributed by atoms with van der Waals surface area (Å²) in [5.41, 5.74) is 0. The fourth-order valence-electron chi connectivity index (χ4n) is 1.02. The average molecular weight is 171 g/mol. The number of hydrogen-bond donors (Lipinski definition) is 1. The molecule has 0 aromatic carbocycles. The highest BCUT2D eigenvalue weighted by atomic mass is 16.5. The molecule has 1 N–H and O–H groups in total. The molecule has 68 valence electrons. The second-order valence-corrected chi connectivity index (χ2v) is 3.19. The zero-order valence-corrected chi connectivity index (χ0v) is 7.50. The van der Waals surface area contributed by atoms with Crippen molar-refractivity contribution in [3.63, 3.8) is 0 Å². The van der Waals surface area contributed by atoms with Gasteiger partial charge in [-0.25, -0.2) is 4.79 Å². The van der Waals surface area contributed by atoms with Crippen LogP contribution in [0.5, 0.6) is 0 Å². The van der Waals surface area contributed by atoms with E-state index in [0.717, 1.165) is 6.54 Å². The van der Waals surface area contributed by atoms with E-state index < -0.39 is 5.76 Å². The number of anilines is 1. The van der Waals surface area contributed by atoms with Gasteiger partial charge >= 0.3 is 5.76 Å². The Kier molecular flexibility index (Phi) is 2.52. The molecule has 12 heavy (non-hydrogen) atoms. The summed E-state index contributed by atoms with van der Waals surface area (Å²) < 4.78 is 4.36. The maximum atomic E-state index is 10.6. The minimum absolute atomic E-state index is 0.480. The van der Waals surface area contributed by atoms with Crippen LogP contribution < -0.4 is 10.7 Å². The zero-order chi connectivity index (χ0) is 9.14. The Morgan fingerprint density at radius 1 is 1.67 bits per heavy atom. The molecular weight excluding hydrogens is 158 g/mol. The second kappa shape index (κ2) is 3.42. The third kappa shape index (κ3) is 2.11. The van der Waals surface area contributed by atoms with Gasteiger partial charge in [0.25, 0.3) is 0 Å². The molecule has 1 heterocycles. The predicted molar refractivity (Wildman–Crippen MR) is 45.2 cm³/mol. The molecule has 0 atom stereocenters. The van der Waals surface area contributed by atoms with Crippen LogP contribution in [0.2, 0.25) is 0 Å². The molecule has 0 aliphatic rings. The van der Waals surface area contributed by atoms with E-state index in [1.165, 1.54) is 0 Å². The van der Waals surface area contributed by atoms with Crippen LogP contribution in [-0.4, -0.2) is 23.7 Å². The molecule has 0 bridgehead atoms. The largest absolute Gasteiger partial charge is 0.440 e. The van der Waals surface area contributed by atoms with Crippen LogP contribution in [0.1, 0.15) is 13.8 Å². The van der Waals surface area contributed by atoms with Gasteiger partial charge in [-0.3, -0.25) is 9.51 Å². The molecule has 0 unspecified atom stereocenters. The summed E-state index contributed by atoms with van der Waals surface area (Å²) in [7, 11) is 1.85. The zero-order valence-electron chi connectivity index (χ0n) is 7.50. The number of rotatable bonds is 3. The monoisotopic (exact) mass is 171 g/mol. The summed E-state index contributed by atoms with van der Waals surface area (Å²) in [5.74, 6) is 0.490. The molecular formula is C7H13N3O2. The highest BCUT2D eigenvalue weighted by molar-refractivity contribution is 5.23. The molecule has 1 aromatic heterocycles. The van der Waals surface area contributed by atoms with Gasteiger partial charge < -0.3 is 4.90 Å². The van der Waals surface area contributed by atoms with Crippen LogP contribution in [0.25, 0.3) is 0 Å². The minimum atomic E-state index is -0.513. The van der Waals surface area contributed by atoms with Crippen LogP contribution in [0.15, 0.2) is 9.32 Å². The van der Waals surface area contributed by atoms with Crippen molar-refractivity contribution >= 4 is 5.95 Å². The quantitative estimate of drug-likeness (QED) is 0.717. The van der Waals surface area contributed by atoms with E-state index >= 15 is 0 Å². The van der Waals surface area contributed by atoms with E-state index in [4.69, 9.17) is 0 Å². The summed E-state index contributed by atoms with van der Waals surface area (Å²) in [6, 6.07) is 0. The van der Waals surface area contributed by atoms with Crippen molar-refractivity contribution in [3.05, 3.63) is 10.6 Å². The molecule has 1 aromatic rings. The van der Waals surface area contributed by atoms with Gasteiger partial charge in [-0.1, -0.05) is 13.8 Å². The molecule has 5 heteroatoms. The standard InChI is InChI=1S/C7H13N3O2/c1-5(2)4-10(3)6-8-7(11)12-9-6/h5H,4H2,1-3H3,(H,8,9,11). The molecule has 0 aliphatic heterocycles. The third-order valence-corrected chi connectivity index (χ3v) is 1.43. The van der Waals surface area contributed by atoms with E-state index in [2.05, 4.69) is 28.5 Å². The highest BCUT2D eigenvalue weighted by Crippen LogP contribution is 2.03. The highest BCUT2D eigenvalue weighted by Gasteiger charge is 2.07. The fourth-order valence-corrected chi connectivity index (χ4v) is 1.02. The van der Waals surface area contributed by atoms with Crippen molar-refractivity contribution in [3.8, 4) is 0 Å². The van der Waals surface area contributed by atoms with Crippen LogP contribution in [0, 0.1) is 5.92 Å². The van der Waals surface area contributed by atoms with E-state index in [1.54, 1.807) is 0 Å². The fraction of sp³-hybridized carbons (Fsp3) is 0.714. The smallest absolute Gasteiger partial charge is 0.343 e. The van der Waals surface area contributed by atoms with Crippen molar-refractivity contribution in [1.82, 2.24) is 10.1 Å². The van der Waals surface area contributed by atoms with Gasteiger partial charge in [0.1, 0.15) is 0 Å². The Bertz CT molecular complexity index is 289. The molecule has 1 rings (SSSR count). The van der Waals surface area contributed by atoms with Gasteiger partial charge in [0.15, 0.2) is 0 Å². The summed E-state index contributed by atoms with van der Waals surface area (Å²) in [5, 5.41) is 3.55. The first-order valence-corrected chi connectivity index (χ1v) is 3.86. The minimum Gasteiger partial charge on any atom is -0.343 e. The lowest BCUT2D eigenvalue weighted by atomic mass is 10.2. The first-order chi connectivity index (χ1) is 5.59. The molecule has 0 saturated carbocycles. The summed E-state index contributed by atoms with van der Waals surface area (Å²) in [6.45, 7) is 5.02. The van der Waals surface area contributed by atoms with E-state index in [-0.39, 0.29) is 0 Å². The normalized spacial score (nSPS) is 10.7. The lowest BCUT2D eigenvalue weighted by molar-refractivity contribution is 0.386. The average Bonchev–Trinajstić information content (AvgIpc) is 2.34. The molecule has 0 amide bonds. The maximum absolute atomic E-state index is 10.6. The number of H-pyrrole nitrogens is 1. The second-order valence-electron chi connectivity index (χ2n) is 3.19. The van der Waals surface area contributed by atoms with Crippen molar-refractivity contribution in [2.45, 2.75) is 13.8 Å². The topological polar surface area (TPSA) is 62.1 Å².